The van der Waals surface area contributed by atoms with Gasteiger partial charge in [-0.1, -0.05) is 63.2 Å². The highest BCUT2D eigenvalue weighted by Crippen LogP contribution is 2.10. The third kappa shape index (κ3) is 18.9. The van der Waals surface area contributed by atoms with E-state index in [1.807, 2.05) is 80.6 Å². The van der Waals surface area contributed by atoms with Gasteiger partial charge < -0.3 is 9.05 Å². The molecule has 0 heterocycles. The molecule has 0 saturated heterocycles. The zero-order valence-corrected chi connectivity index (χ0v) is 19.2. The molecule has 0 aliphatic heterocycles. The Hall–Kier alpha value is -1.69. The summed E-state index contributed by atoms with van der Waals surface area (Å²) in [6, 6.07) is 19.2. The quantitative estimate of drug-likeness (QED) is 0.398. The van der Waals surface area contributed by atoms with E-state index in [1.165, 1.54) is 0 Å². The Morgan fingerprint density at radius 2 is 1.30 bits per heavy atom. The topological polar surface area (TPSA) is 35.5 Å². The number of rotatable bonds is 5. The summed E-state index contributed by atoms with van der Waals surface area (Å²) in [5, 5.41) is 0. The van der Waals surface area contributed by atoms with Gasteiger partial charge in [-0.2, -0.15) is 0 Å². The van der Waals surface area contributed by atoms with Crippen molar-refractivity contribution < 1.29 is 13.8 Å². The summed E-state index contributed by atoms with van der Waals surface area (Å²) in [5.41, 5.74) is 0. The van der Waals surface area contributed by atoms with Gasteiger partial charge in [-0.3, -0.25) is 4.79 Å². The number of hydrogen-bond acceptors (Lipinski definition) is 3. The lowest BCUT2D eigenvalue weighted by Gasteiger charge is -1.98. The number of Topliss-reactive ketones (excluding diaryl/α,β-unsaturated/α-hetero) is 1. The van der Waals surface area contributed by atoms with Crippen LogP contribution in [0.4, 0.5) is 0 Å². The maximum atomic E-state index is 10.4. The number of hydrogen-bond donors (Lipinski definition) is 0. The van der Waals surface area contributed by atoms with Crippen LogP contribution in [-0.2, 0) is 4.79 Å². The first kappa shape index (κ1) is 27.5. The van der Waals surface area contributed by atoms with E-state index in [0.29, 0.717) is 5.78 Å². The zero-order valence-electron chi connectivity index (χ0n) is 16.9. The minimum atomic E-state index is 0.264. The molecule has 0 fully saturated rings. The summed E-state index contributed by atoms with van der Waals surface area (Å²) >= 11 is 0. The SMILES string of the molecule is C=CCC.CCC(C)C(C)=O.POc1ccccc1.POc1ccccc1. The van der Waals surface area contributed by atoms with Gasteiger partial charge in [-0.15, -0.1) is 6.58 Å². The lowest BCUT2D eigenvalue weighted by atomic mass is 10.1. The van der Waals surface area contributed by atoms with E-state index in [2.05, 4.69) is 32.4 Å². The second-order valence-corrected chi connectivity index (χ2v) is 5.95. The average molecular weight is 408 g/mol. The van der Waals surface area contributed by atoms with Gasteiger partial charge in [0.1, 0.15) is 17.3 Å². The fourth-order valence-electron chi connectivity index (χ4n) is 1.29. The molecule has 0 bridgehead atoms. The largest absolute Gasteiger partial charge is 0.480 e. The lowest BCUT2D eigenvalue weighted by molar-refractivity contribution is -0.120. The van der Waals surface area contributed by atoms with Crippen LogP contribution < -0.4 is 9.05 Å². The Bertz CT molecular complexity index is 535. The van der Waals surface area contributed by atoms with E-state index in [-0.39, 0.29) is 5.92 Å². The van der Waals surface area contributed by atoms with Gasteiger partial charge in [-0.05, 0) is 44.0 Å². The number of ketones is 1. The first-order valence-electron chi connectivity index (χ1n) is 8.91. The van der Waals surface area contributed by atoms with Crippen molar-refractivity contribution in [3.63, 3.8) is 0 Å². The Kier molecular flexibility index (Phi) is 21.0. The number of carbonyl (C=O) groups is 1. The van der Waals surface area contributed by atoms with Crippen molar-refractivity contribution in [3.8, 4) is 11.5 Å². The third-order valence-electron chi connectivity index (χ3n) is 3.35. The summed E-state index contributed by atoms with van der Waals surface area (Å²) in [5.74, 6) is 2.30. The van der Waals surface area contributed by atoms with Gasteiger partial charge in [0.05, 0.1) is 18.9 Å². The molecule has 2 aromatic carbocycles. The minimum Gasteiger partial charge on any atom is -0.480 e. The van der Waals surface area contributed by atoms with E-state index in [4.69, 9.17) is 9.05 Å². The molecule has 5 heteroatoms. The van der Waals surface area contributed by atoms with E-state index in [1.54, 1.807) is 6.92 Å². The molecule has 2 rings (SSSR count). The van der Waals surface area contributed by atoms with Crippen molar-refractivity contribution >= 4 is 24.7 Å². The maximum absolute atomic E-state index is 10.4. The molecular formula is C22H34O3P2. The molecule has 3 nitrogen and oxygen atoms in total. The highest BCUT2D eigenvalue weighted by atomic mass is 31.0. The van der Waals surface area contributed by atoms with E-state index in [9.17, 15) is 4.79 Å². The zero-order chi connectivity index (χ0) is 20.9. The van der Waals surface area contributed by atoms with Crippen LogP contribution >= 0.6 is 18.9 Å². The molecule has 3 atom stereocenters. The minimum absolute atomic E-state index is 0.264. The summed E-state index contributed by atoms with van der Waals surface area (Å²) in [4.78, 5) is 10.4. The van der Waals surface area contributed by atoms with Crippen molar-refractivity contribution in [2.24, 2.45) is 5.92 Å². The average Bonchev–Trinajstić information content (AvgIpc) is 2.75. The highest BCUT2D eigenvalue weighted by molar-refractivity contribution is 7.10. The van der Waals surface area contributed by atoms with Gasteiger partial charge in [0.2, 0.25) is 0 Å². The van der Waals surface area contributed by atoms with Crippen molar-refractivity contribution in [2.75, 3.05) is 0 Å². The Morgan fingerprint density at radius 3 is 1.41 bits per heavy atom. The lowest BCUT2D eigenvalue weighted by Crippen LogP contribution is -2.03. The molecule has 3 unspecified atom stereocenters. The second kappa shape index (κ2) is 20.6. The summed E-state index contributed by atoms with van der Waals surface area (Å²) < 4.78 is 9.66. The van der Waals surface area contributed by atoms with Crippen LogP contribution in [0.15, 0.2) is 73.3 Å². The van der Waals surface area contributed by atoms with E-state index < -0.39 is 0 Å². The molecule has 0 aliphatic rings. The summed E-state index contributed by atoms with van der Waals surface area (Å²) in [7, 11) is 4.39. The normalized spacial score (nSPS) is 9.56. The van der Waals surface area contributed by atoms with Crippen molar-refractivity contribution in [3.05, 3.63) is 73.3 Å². The fraction of sp³-hybridized carbons (Fsp3) is 0.318. The molecule has 0 aromatic heterocycles. The molecule has 0 radical (unpaired) electrons. The second-order valence-electron chi connectivity index (χ2n) is 5.48. The monoisotopic (exact) mass is 408 g/mol. The molecular weight excluding hydrogens is 374 g/mol. The van der Waals surface area contributed by atoms with Gasteiger partial charge in [0, 0.05) is 5.92 Å². The van der Waals surface area contributed by atoms with Crippen LogP contribution in [0.25, 0.3) is 0 Å². The highest BCUT2D eigenvalue weighted by Gasteiger charge is 2.01. The first-order valence-corrected chi connectivity index (χ1v) is 9.85. The van der Waals surface area contributed by atoms with Crippen LogP contribution in [0.2, 0.25) is 0 Å². The molecule has 0 aliphatic carbocycles. The van der Waals surface area contributed by atoms with E-state index >= 15 is 0 Å². The van der Waals surface area contributed by atoms with E-state index in [0.717, 1.165) is 24.3 Å². The predicted octanol–water partition coefficient (Wildman–Crippen LogP) is 6.91. The van der Waals surface area contributed by atoms with Crippen molar-refractivity contribution in [1.82, 2.24) is 0 Å². The van der Waals surface area contributed by atoms with Crippen LogP contribution in [0, 0.1) is 5.92 Å². The maximum Gasteiger partial charge on any atom is 0.132 e. The molecule has 2 aromatic rings. The van der Waals surface area contributed by atoms with Gasteiger partial charge >= 0.3 is 0 Å². The van der Waals surface area contributed by atoms with Crippen LogP contribution in [0.1, 0.15) is 40.5 Å². The van der Waals surface area contributed by atoms with Gasteiger partial charge in [-0.25, -0.2) is 0 Å². The van der Waals surface area contributed by atoms with Gasteiger partial charge in [0.15, 0.2) is 0 Å². The number of allylic oxidation sites excluding steroid dienone is 1. The first-order chi connectivity index (χ1) is 13.0. The summed E-state index contributed by atoms with van der Waals surface area (Å²) in [6.07, 6.45) is 3.93. The Balaban J connectivity index is 0. The molecule has 0 spiro atoms. The molecule has 0 amide bonds. The van der Waals surface area contributed by atoms with Crippen molar-refractivity contribution in [1.29, 1.82) is 0 Å². The number of benzene rings is 2. The predicted molar refractivity (Wildman–Crippen MR) is 124 cm³/mol. The standard InChI is InChI=1S/2C6H7OP.C6H12O.C4H8/c2*8-7-6-4-2-1-3-5-6;1-4-5(2)6(3)7;1-3-4-2/h2*1-5H,8H2;5H,4H2,1-3H3;3H,1,4H2,2H3. The molecule has 0 saturated carbocycles. The van der Waals surface area contributed by atoms with Crippen LogP contribution in [0.5, 0.6) is 11.5 Å². The molecule has 0 N–H and O–H groups in total. The van der Waals surface area contributed by atoms with Crippen LogP contribution in [-0.4, -0.2) is 5.78 Å². The smallest absolute Gasteiger partial charge is 0.132 e. The Morgan fingerprint density at radius 1 is 0.963 bits per heavy atom. The molecule has 150 valence electrons. The Labute approximate surface area is 170 Å². The van der Waals surface area contributed by atoms with Crippen LogP contribution in [0.3, 0.4) is 0 Å². The number of carbonyl (C=O) groups excluding carboxylic acids is 1. The van der Waals surface area contributed by atoms with Gasteiger partial charge in [0.25, 0.3) is 0 Å². The third-order valence-corrected chi connectivity index (χ3v) is 3.90. The fourth-order valence-corrected chi connectivity index (χ4v) is 1.60. The number of para-hydroxylation sites is 2. The summed E-state index contributed by atoms with van der Waals surface area (Å²) in [6.45, 7) is 11.1. The molecule has 27 heavy (non-hydrogen) atoms. The van der Waals surface area contributed by atoms with Crippen molar-refractivity contribution in [2.45, 2.75) is 40.5 Å².